The molecule has 1 N–H and O–H groups in total. The van der Waals surface area contributed by atoms with E-state index in [1.54, 1.807) is 4.68 Å². The fraction of sp³-hybridized carbons (Fsp3) is 0.304. The molecule has 0 radical (unpaired) electrons. The van der Waals surface area contributed by atoms with Crippen molar-refractivity contribution in [3.63, 3.8) is 0 Å². The Kier molecular flexibility index (Phi) is 5.61. The largest absolute Gasteiger partial charge is 0.309 e. The molecule has 3 rings (SSSR count). The van der Waals surface area contributed by atoms with Gasteiger partial charge in [0.25, 0.3) is 0 Å². The molecule has 0 saturated heterocycles. The SMILES string of the molecule is Cc1cccc(-n2nc(C(C)(C)C)cc2NC(=O)C(Cl)c2ccccc2)c1C. The molecule has 0 aliphatic heterocycles. The maximum Gasteiger partial charge on any atom is 0.248 e. The van der Waals surface area contributed by atoms with Gasteiger partial charge in [-0.05, 0) is 36.6 Å². The van der Waals surface area contributed by atoms with Crippen LogP contribution in [0.5, 0.6) is 0 Å². The third kappa shape index (κ3) is 4.12. The van der Waals surface area contributed by atoms with Crippen molar-refractivity contribution in [1.29, 1.82) is 0 Å². The van der Waals surface area contributed by atoms with Gasteiger partial charge in [0.15, 0.2) is 0 Å². The summed E-state index contributed by atoms with van der Waals surface area (Å²) in [5.74, 6) is 0.338. The number of alkyl halides is 1. The Morgan fingerprint density at radius 2 is 1.75 bits per heavy atom. The minimum Gasteiger partial charge on any atom is -0.309 e. The van der Waals surface area contributed by atoms with E-state index in [9.17, 15) is 4.79 Å². The summed E-state index contributed by atoms with van der Waals surface area (Å²) in [6, 6.07) is 17.3. The molecular weight excluding hydrogens is 370 g/mol. The molecular formula is C23H26ClN3O. The number of carbonyl (C=O) groups is 1. The van der Waals surface area contributed by atoms with Crippen molar-refractivity contribution < 1.29 is 4.79 Å². The van der Waals surface area contributed by atoms with Crippen LogP contribution in [0.4, 0.5) is 5.82 Å². The number of nitrogens with zero attached hydrogens (tertiary/aromatic N) is 2. The average molecular weight is 396 g/mol. The first-order valence-corrected chi connectivity index (χ1v) is 9.79. The molecule has 0 fully saturated rings. The Morgan fingerprint density at radius 1 is 1.07 bits per heavy atom. The van der Waals surface area contributed by atoms with Crippen LogP contribution < -0.4 is 5.32 Å². The van der Waals surface area contributed by atoms with Gasteiger partial charge in [-0.15, -0.1) is 11.6 Å². The van der Waals surface area contributed by atoms with Crippen LogP contribution in [0.15, 0.2) is 54.6 Å². The molecule has 1 unspecified atom stereocenters. The molecule has 5 heteroatoms. The van der Waals surface area contributed by atoms with Crippen molar-refractivity contribution in [2.45, 2.75) is 45.4 Å². The Morgan fingerprint density at radius 3 is 2.39 bits per heavy atom. The highest BCUT2D eigenvalue weighted by atomic mass is 35.5. The van der Waals surface area contributed by atoms with E-state index in [0.717, 1.165) is 22.5 Å². The van der Waals surface area contributed by atoms with Crippen molar-refractivity contribution in [2.75, 3.05) is 5.32 Å². The van der Waals surface area contributed by atoms with Crippen LogP contribution in [0, 0.1) is 13.8 Å². The first kappa shape index (κ1) is 20.2. The van der Waals surface area contributed by atoms with Crippen LogP contribution >= 0.6 is 11.6 Å². The average Bonchev–Trinajstić information content (AvgIpc) is 3.08. The second-order valence-electron chi connectivity index (χ2n) is 8.06. The lowest BCUT2D eigenvalue weighted by molar-refractivity contribution is -0.116. The molecule has 0 aliphatic rings. The number of nitrogens with one attached hydrogen (secondary N) is 1. The molecule has 1 aromatic heterocycles. The van der Waals surface area contributed by atoms with E-state index in [4.69, 9.17) is 16.7 Å². The Bertz CT molecular complexity index is 987. The van der Waals surface area contributed by atoms with Gasteiger partial charge in [0, 0.05) is 11.5 Å². The fourth-order valence-corrected chi connectivity index (χ4v) is 3.15. The summed E-state index contributed by atoms with van der Waals surface area (Å²) < 4.78 is 1.80. The van der Waals surface area contributed by atoms with Crippen LogP contribution in [-0.2, 0) is 10.2 Å². The fourth-order valence-electron chi connectivity index (χ4n) is 2.95. The van der Waals surface area contributed by atoms with Gasteiger partial charge >= 0.3 is 0 Å². The quantitative estimate of drug-likeness (QED) is 0.575. The number of hydrogen-bond donors (Lipinski definition) is 1. The molecule has 1 heterocycles. The van der Waals surface area contributed by atoms with Crippen molar-refractivity contribution in [1.82, 2.24) is 9.78 Å². The van der Waals surface area contributed by atoms with Gasteiger partial charge in [-0.2, -0.15) is 5.10 Å². The van der Waals surface area contributed by atoms with Crippen LogP contribution in [0.2, 0.25) is 0 Å². The molecule has 2 aromatic carbocycles. The van der Waals surface area contributed by atoms with Crippen molar-refractivity contribution in [3.8, 4) is 5.69 Å². The second-order valence-corrected chi connectivity index (χ2v) is 8.49. The number of amides is 1. The van der Waals surface area contributed by atoms with Crippen LogP contribution in [-0.4, -0.2) is 15.7 Å². The lowest BCUT2D eigenvalue weighted by atomic mass is 9.92. The van der Waals surface area contributed by atoms with Gasteiger partial charge in [0.1, 0.15) is 11.2 Å². The molecule has 1 amide bonds. The molecule has 146 valence electrons. The molecule has 0 aliphatic carbocycles. The van der Waals surface area contributed by atoms with Crippen molar-refractivity contribution >= 4 is 23.3 Å². The molecule has 28 heavy (non-hydrogen) atoms. The summed E-state index contributed by atoms with van der Waals surface area (Å²) in [4.78, 5) is 12.8. The normalized spacial score (nSPS) is 12.6. The van der Waals surface area contributed by atoms with E-state index in [-0.39, 0.29) is 11.3 Å². The monoisotopic (exact) mass is 395 g/mol. The molecule has 0 saturated carbocycles. The smallest absolute Gasteiger partial charge is 0.248 e. The molecule has 1 atom stereocenters. The maximum atomic E-state index is 12.8. The summed E-state index contributed by atoms with van der Waals surface area (Å²) in [5, 5.41) is 7.00. The van der Waals surface area contributed by atoms with E-state index in [1.807, 2.05) is 48.5 Å². The van der Waals surface area contributed by atoms with E-state index < -0.39 is 5.38 Å². The number of aromatic nitrogens is 2. The summed E-state index contributed by atoms with van der Waals surface area (Å²) in [7, 11) is 0. The highest BCUT2D eigenvalue weighted by molar-refractivity contribution is 6.32. The topological polar surface area (TPSA) is 46.9 Å². The minimum absolute atomic E-state index is 0.151. The Labute approximate surface area is 171 Å². The number of aryl methyl sites for hydroxylation is 1. The van der Waals surface area contributed by atoms with Crippen LogP contribution in [0.1, 0.15) is 48.5 Å². The van der Waals surface area contributed by atoms with Gasteiger partial charge in [-0.1, -0.05) is 63.2 Å². The predicted molar refractivity (Wildman–Crippen MR) is 115 cm³/mol. The van der Waals surface area contributed by atoms with E-state index in [2.05, 4.69) is 46.0 Å². The number of benzene rings is 2. The zero-order valence-electron chi connectivity index (χ0n) is 17.0. The highest BCUT2D eigenvalue weighted by Crippen LogP contribution is 2.29. The summed E-state index contributed by atoms with van der Waals surface area (Å²) in [5.41, 5.74) is 4.73. The summed E-state index contributed by atoms with van der Waals surface area (Å²) in [6.45, 7) is 10.4. The number of anilines is 1. The number of rotatable bonds is 4. The molecule has 0 bridgehead atoms. The maximum absolute atomic E-state index is 12.8. The minimum atomic E-state index is -0.777. The van der Waals surface area contributed by atoms with Gasteiger partial charge in [-0.25, -0.2) is 4.68 Å². The van der Waals surface area contributed by atoms with Gasteiger partial charge < -0.3 is 5.32 Å². The van der Waals surface area contributed by atoms with Crippen molar-refractivity contribution in [3.05, 3.63) is 77.0 Å². The third-order valence-corrected chi connectivity index (χ3v) is 5.31. The van der Waals surface area contributed by atoms with Gasteiger partial charge in [0.05, 0.1) is 11.4 Å². The first-order chi connectivity index (χ1) is 13.2. The summed E-state index contributed by atoms with van der Waals surface area (Å²) in [6.07, 6.45) is 0. The summed E-state index contributed by atoms with van der Waals surface area (Å²) >= 11 is 6.42. The van der Waals surface area contributed by atoms with E-state index >= 15 is 0 Å². The molecule has 3 aromatic rings. The van der Waals surface area contributed by atoms with E-state index in [0.29, 0.717) is 5.82 Å². The predicted octanol–water partition coefficient (Wildman–Crippen LogP) is 5.71. The number of carbonyl (C=O) groups excluding carboxylic acids is 1. The van der Waals surface area contributed by atoms with Crippen molar-refractivity contribution in [2.24, 2.45) is 0 Å². The Balaban J connectivity index is 2.01. The first-order valence-electron chi connectivity index (χ1n) is 9.35. The standard InChI is InChI=1S/C23H26ClN3O/c1-15-10-9-13-18(16(15)2)27-20(14-19(26-27)23(3,4)5)25-22(28)21(24)17-11-7-6-8-12-17/h6-14,21H,1-5H3,(H,25,28). The van der Waals surface area contributed by atoms with Crippen LogP contribution in [0.25, 0.3) is 5.69 Å². The number of hydrogen-bond acceptors (Lipinski definition) is 2. The highest BCUT2D eigenvalue weighted by Gasteiger charge is 2.24. The molecule has 0 spiro atoms. The lowest BCUT2D eigenvalue weighted by Gasteiger charge is -2.15. The van der Waals surface area contributed by atoms with E-state index in [1.165, 1.54) is 5.56 Å². The van der Waals surface area contributed by atoms with Gasteiger partial charge in [0.2, 0.25) is 5.91 Å². The Hall–Kier alpha value is -2.59. The zero-order valence-corrected chi connectivity index (χ0v) is 17.7. The second kappa shape index (κ2) is 7.80. The van der Waals surface area contributed by atoms with Gasteiger partial charge in [-0.3, -0.25) is 4.79 Å². The molecule has 4 nitrogen and oxygen atoms in total. The number of halogens is 1. The third-order valence-electron chi connectivity index (χ3n) is 4.86. The lowest BCUT2D eigenvalue weighted by Crippen LogP contribution is -2.19. The zero-order chi connectivity index (χ0) is 20.5. The van der Waals surface area contributed by atoms with Crippen LogP contribution in [0.3, 0.4) is 0 Å².